The van der Waals surface area contributed by atoms with E-state index in [-0.39, 0.29) is 15.1 Å². The summed E-state index contributed by atoms with van der Waals surface area (Å²) in [5, 5.41) is 1.18. The maximum Gasteiger partial charge on any atom is 0.422 e. The molecule has 128 valence electrons. The van der Waals surface area contributed by atoms with Crippen LogP contribution in [-0.4, -0.2) is 13.2 Å². The molecular formula is C15H12Cl4N2O3. The van der Waals surface area contributed by atoms with Crippen molar-refractivity contribution in [3.8, 4) is 5.75 Å². The fourth-order valence-electron chi connectivity index (χ4n) is 2.06. The van der Waals surface area contributed by atoms with E-state index >= 15 is 0 Å². The highest BCUT2D eigenvalue weighted by atomic mass is 35.5. The summed E-state index contributed by atoms with van der Waals surface area (Å²) in [5.74, 6) is 5.55. The first-order valence-electron chi connectivity index (χ1n) is 6.52. The third kappa shape index (κ3) is 4.18. The Bertz CT molecular complexity index is 747. The van der Waals surface area contributed by atoms with Gasteiger partial charge >= 0.3 is 6.09 Å². The van der Waals surface area contributed by atoms with Gasteiger partial charge in [-0.1, -0.05) is 52.5 Å². The van der Waals surface area contributed by atoms with Gasteiger partial charge in [-0.05, 0) is 24.3 Å². The number of carbonyl (C=O) groups is 1. The molecule has 0 aliphatic heterocycles. The standard InChI is InChI=1S/C15H12Cl4N2O3/c1-23-8-5-11(18)13(12(19)6-8)14(24-15(22)21-20)9-3-2-7(16)4-10(9)17/h2-6,14H,20H2,1H3,(H,21,22). The Labute approximate surface area is 158 Å². The van der Waals surface area contributed by atoms with Crippen LogP contribution in [0.25, 0.3) is 0 Å². The molecule has 0 saturated carbocycles. The van der Waals surface area contributed by atoms with Crippen LogP contribution in [0.2, 0.25) is 20.1 Å². The van der Waals surface area contributed by atoms with Gasteiger partial charge in [-0.3, -0.25) is 5.43 Å². The summed E-state index contributed by atoms with van der Waals surface area (Å²) in [6.45, 7) is 0. The molecule has 0 aliphatic carbocycles. The third-order valence-corrected chi connectivity index (χ3v) is 4.33. The van der Waals surface area contributed by atoms with Gasteiger partial charge in [0.25, 0.3) is 0 Å². The molecular weight excluding hydrogens is 398 g/mol. The number of halogens is 4. The lowest BCUT2D eigenvalue weighted by molar-refractivity contribution is 0.117. The van der Waals surface area contributed by atoms with Crippen molar-refractivity contribution >= 4 is 52.5 Å². The zero-order chi connectivity index (χ0) is 17.9. The molecule has 24 heavy (non-hydrogen) atoms. The summed E-state index contributed by atoms with van der Waals surface area (Å²) >= 11 is 24.7. The lowest BCUT2D eigenvalue weighted by Crippen LogP contribution is -2.32. The monoisotopic (exact) mass is 408 g/mol. The molecule has 0 saturated heterocycles. The Morgan fingerprint density at radius 3 is 2.21 bits per heavy atom. The first kappa shape index (κ1) is 19.0. The average molecular weight is 410 g/mol. The second-order valence-corrected chi connectivity index (χ2v) is 6.26. The summed E-state index contributed by atoms with van der Waals surface area (Å²) in [4.78, 5) is 11.7. The van der Waals surface area contributed by atoms with Gasteiger partial charge in [-0.25, -0.2) is 10.6 Å². The molecule has 0 aromatic heterocycles. The van der Waals surface area contributed by atoms with Gasteiger partial charge in [0, 0.05) is 21.2 Å². The van der Waals surface area contributed by atoms with Crippen molar-refractivity contribution in [2.45, 2.75) is 6.10 Å². The molecule has 9 heteroatoms. The highest BCUT2D eigenvalue weighted by Gasteiger charge is 2.27. The minimum absolute atomic E-state index is 0.236. The largest absolute Gasteiger partial charge is 0.497 e. The van der Waals surface area contributed by atoms with Crippen LogP contribution in [0.5, 0.6) is 5.75 Å². The number of benzene rings is 2. The van der Waals surface area contributed by atoms with Crippen LogP contribution < -0.4 is 16.0 Å². The molecule has 0 bridgehead atoms. The number of hydrogen-bond donors (Lipinski definition) is 2. The Morgan fingerprint density at radius 2 is 1.71 bits per heavy atom. The molecule has 0 radical (unpaired) electrons. The molecule has 0 spiro atoms. The number of methoxy groups -OCH3 is 1. The van der Waals surface area contributed by atoms with Crippen molar-refractivity contribution in [1.82, 2.24) is 5.43 Å². The zero-order valence-corrected chi connectivity index (χ0v) is 15.3. The van der Waals surface area contributed by atoms with Gasteiger partial charge in [0.05, 0.1) is 17.2 Å². The van der Waals surface area contributed by atoms with E-state index in [0.29, 0.717) is 21.9 Å². The second kappa shape index (κ2) is 8.14. The molecule has 0 aliphatic rings. The fourth-order valence-corrected chi connectivity index (χ4v) is 3.24. The number of nitrogens with two attached hydrogens (primary N) is 1. The molecule has 2 aromatic carbocycles. The maximum absolute atomic E-state index is 11.7. The summed E-state index contributed by atoms with van der Waals surface area (Å²) in [5.41, 5.74) is 2.67. The Balaban J connectivity index is 2.61. The number of amides is 1. The van der Waals surface area contributed by atoms with Crippen LogP contribution in [0.15, 0.2) is 30.3 Å². The van der Waals surface area contributed by atoms with Gasteiger partial charge in [-0.15, -0.1) is 0 Å². The normalized spacial score (nSPS) is 11.8. The van der Waals surface area contributed by atoms with E-state index in [1.807, 2.05) is 5.43 Å². The molecule has 1 atom stereocenters. The van der Waals surface area contributed by atoms with Crippen molar-refractivity contribution in [2.75, 3.05) is 7.11 Å². The molecule has 1 amide bonds. The Kier molecular flexibility index (Phi) is 6.43. The maximum atomic E-state index is 11.7. The number of nitrogens with one attached hydrogen (secondary N) is 1. The predicted molar refractivity (Wildman–Crippen MR) is 95.1 cm³/mol. The van der Waals surface area contributed by atoms with Gasteiger partial charge in [0.2, 0.25) is 0 Å². The highest BCUT2D eigenvalue weighted by Crippen LogP contribution is 2.41. The van der Waals surface area contributed by atoms with Crippen LogP contribution in [0.3, 0.4) is 0 Å². The average Bonchev–Trinajstić information content (AvgIpc) is 2.53. The number of carbonyl (C=O) groups excluding carboxylic acids is 1. The molecule has 0 heterocycles. The number of rotatable bonds is 4. The smallest absolute Gasteiger partial charge is 0.422 e. The van der Waals surface area contributed by atoms with E-state index in [2.05, 4.69) is 0 Å². The van der Waals surface area contributed by atoms with E-state index in [0.717, 1.165) is 0 Å². The molecule has 1 unspecified atom stereocenters. The summed E-state index contributed by atoms with van der Waals surface area (Å²) < 4.78 is 10.4. The summed E-state index contributed by atoms with van der Waals surface area (Å²) in [6, 6.07) is 7.81. The third-order valence-electron chi connectivity index (χ3n) is 3.14. The molecule has 2 rings (SSSR count). The second-order valence-electron chi connectivity index (χ2n) is 4.60. The Morgan fingerprint density at radius 1 is 1.08 bits per heavy atom. The first-order valence-corrected chi connectivity index (χ1v) is 8.03. The van der Waals surface area contributed by atoms with Crippen LogP contribution in [0.4, 0.5) is 4.79 Å². The van der Waals surface area contributed by atoms with Crippen molar-refractivity contribution in [1.29, 1.82) is 0 Å². The molecule has 5 nitrogen and oxygen atoms in total. The minimum Gasteiger partial charge on any atom is -0.497 e. The Hall–Kier alpha value is -1.37. The van der Waals surface area contributed by atoms with Gasteiger partial charge in [-0.2, -0.15) is 0 Å². The van der Waals surface area contributed by atoms with Crippen molar-refractivity contribution in [3.05, 3.63) is 61.5 Å². The van der Waals surface area contributed by atoms with Crippen LogP contribution in [0, 0.1) is 0 Å². The number of ether oxygens (including phenoxy) is 2. The van der Waals surface area contributed by atoms with E-state index in [9.17, 15) is 4.79 Å². The minimum atomic E-state index is -0.996. The van der Waals surface area contributed by atoms with Crippen molar-refractivity contribution < 1.29 is 14.3 Å². The van der Waals surface area contributed by atoms with Crippen LogP contribution in [-0.2, 0) is 4.74 Å². The fraction of sp³-hybridized carbons (Fsp3) is 0.133. The summed E-state index contributed by atoms with van der Waals surface area (Å²) in [6.07, 6.45) is -1.88. The van der Waals surface area contributed by atoms with Crippen molar-refractivity contribution in [2.24, 2.45) is 5.84 Å². The lowest BCUT2D eigenvalue weighted by Gasteiger charge is -2.22. The van der Waals surface area contributed by atoms with Gasteiger partial charge in [0.15, 0.2) is 6.10 Å². The number of hydrogen-bond acceptors (Lipinski definition) is 4. The first-order chi connectivity index (χ1) is 11.4. The van der Waals surface area contributed by atoms with Gasteiger partial charge in [0.1, 0.15) is 5.75 Å². The predicted octanol–water partition coefficient (Wildman–Crippen LogP) is 5.00. The van der Waals surface area contributed by atoms with E-state index in [4.69, 9.17) is 61.7 Å². The quantitative estimate of drug-likeness (QED) is 0.423. The van der Waals surface area contributed by atoms with Crippen molar-refractivity contribution in [3.63, 3.8) is 0 Å². The lowest BCUT2D eigenvalue weighted by atomic mass is 10.0. The van der Waals surface area contributed by atoms with E-state index < -0.39 is 12.2 Å². The summed E-state index contributed by atoms with van der Waals surface area (Å²) in [7, 11) is 1.48. The van der Waals surface area contributed by atoms with E-state index in [1.165, 1.54) is 13.2 Å². The molecule has 3 N–H and O–H groups in total. The zero-order valence-electron chi connectivity index (χ0n) is 12.3. The van der Waals surface area contributed by atoms with E-state index in [1.54, 1.807) is 24.3 Å². The molecule has 0 fully saturated rings. The number of hydrazine groups is 1. The SMILES string of the molecule is COc1cc(Cl)c(C(OC(=O)NN)c2ccc(Cl)cc2Cl)c(Cl)c1. The highest BCUT2D eigenvalue weighted by molar-refractivity contribution is 6.37. The van der Waals surface area contributed by atoms with Crippen LogP contribution in [0.1, 0.15) is 17.2 Å². The van der Waals surface area contributed by atoms with Crippen LogP contribution >= 0.6 is 46.4 Å². The molecule has 2 aromatic rings. The van der Waals surface area contributed by atoms with Gasteiger partial charge < -0.3 is 9.47 Å². The topological polar surface area (TPSA) is 73.6 Å².